The lowest BCUT2D eigenvalue weighted by Crippen LogP contribution is -2.31. The van der Waals surface area contributed by atoms with Crippen molar-refractivity contribution in [3.05, 3.63) is 39.8 Å². The maximum atomic E-state index is 12.3. The molecule has 0 fully saturated rings. The Hall–Kier alpha value is -2.03. The summed E-state index contributed by atoms with van der Waals surface area (Å²) in [5.41, 5.74) is -0.866. The maximum Gasteiger partial charge on any atom is 0.408 e. The summed E-state index contributed by atoms with van der Waals surface area (Å²) in [6.07, 6.45) is -0.297. The number of H-pyrrole nitrogens is 1. The van der Waals surface area contributed by atoms with Gasteiger partial charge in [0.05, 0.1) is 17.9 Å². The SMILES string of the molecule is CC(Nc1cnn(CC(F)(F)F)c(=O)c1Cl)c1ncc[nH]1. The van der Waals surface area contributed by atoms with Gasteiger partial charge in [-0.1, -0.05) is 11.6 Å². The lowest BCUT2D eigenvalue weighted by atomic mass is 10.3. The molecule has 114 valence electrons. The molecule has 1 unspecified atom stereocenters. The van der Waals surface area contributed by atoms with Gasteiger partial charge in [-0.2, -0.15) is 18.3 Å². The molecule has 2 aromatic heterocycles. The summed E-state index contributed by atoms with van der Waals surface area (Å²) in [7, 11) is 0. The molecule has 0 spiro atoms. The first-order valence-corrected chi connectivity index (χ1v) is 6.24. The summed E-state index contributed by atoms with van der Waals surface area (Å²) < 4.78 is 37.1. The standard InChI is InChI=1S/C11H11ClF3N5O/c1-6(9-16-2-3-17-9)19-7-4-18-20(5-11(13,14)15)10(21)8(7)12/h2-4,6,19H,5H2,1H3,(H,16,17). The van der Waals surface area contributed by atoms with E-state index in [2.05, 4.69) is 20.4 Å². The highest BCUT2D eigenvalue weighted by Crippen LogP contribution is 2.22. The van der Waals surface area contributed by atoms with Crippen LogP contribution in [0.25, 0.3) is 0 Å². The van der Waals surface area contributed by atoms with Gasteiger partial charge in [-0.25, -0.2) is 9.67 Å². The first kappa shape index (κ1) is 15.4. The maximum absolute atomic E-state index is 12.3. The van der Waals surface area contributed by atoms with E-state index >= 15 is 0 Å². The van der Waals surface area contributed by atoms with Gasteiger partial charge in [0.15, 0.2) is 0 Å². The number of imidazole rings is 1. The van der Waals surface area contributed by atoms with E-state index in [0.29, 0.717) is 5.82 Å². The van der Waals surface area contributed by atoms with E-state index in [1.54, 1.807) is 19.3 Å². The second-order valence-corrected chi connectivity index (χ2v) is 4.67. The zero-order valence-electron chi connectivity index (χ0n) is 10.8. The number of hydrogen-bond donors (Lipinski definition) is 2. The van der Waals surface area contributed by atoms with Crippen LogP contribution in [0.3, 0.4) is 0 Å². The number of aromatic amines is 1. The normalized spacial score (nSPS) is 13.2. The molecule has 0 saturated heterocycles. The van der Waals surface area contributed by atoms with Gasteiger partial charge in [0.1, 0.15) is 17.4 Å². The van der Waals surface area contributed by atoms with E-state index in [-0.39, 0.29) is 21.4 Å². The summed E-state index contributed by atoms with van der Waals surface area (Å²) in [4.78, 5) is 18.6. The number of nitrogens with zero attached hydrogens (tertiary/aromatic N) is 3. The van der Waals surface area contributed by atoms with Crippen molar-refractivity contribution in [2.45, 2.75) is 25.7 Å². The Bertz CT molecular complexity index is 667. The Morgan fingerprint density at radius 2 is 2.24 bits per heavy atom. The van der Waals surface area contributed by atoms with Crippen LogP contribution >= 0.6 is 11.6 Å². The van der Waals surface area contributed by atoms with Crippen molar-refractivity contribution < 1.29 is 13.2 Å². The molecule has 2 rings (SSSR count). The van der Waals surface area contributed by atoms with Gasteiger partial charge in [-0.15, -0.1) is 0 Å². The molecular weight excluding hydrogens is 311 g/mol. The molecule has 0 aliphatic carbocycles. The number of nitrogens with one attached hydrogen (secondary N) is 2. The number of alkyl halides is 3. The fourth-order valence-electron chi connectivity index (χ4n) is 1.66. The molecule has 6 nitrogen and oxygen atoms in total. The lowest BCUT2D eigenvalue weighted by molar-refractivity contribution is -0.143. The van der Waals surface area contributed by atoms with Crippen LogP contribution in [0, 0.1) is 0 Å². The second kappa shape index (κ2) is 5.76. The van der Waals surface area contributed by atoms with Crippen molar-refractivity contribution in [3.63, 3.8) is 0 Å². The van der Waals surface area contributed by atoms with Crippen molar-refractivity contribution in [2.75, 3.05) is 5.32 Å². The Morgan fingerprint density at radius 3 is 2.81 bits per heavy atom. The number of hydrogen-bond acceptors (Lipinski definition) is 4. The average Bonchev–Trinajstić information content (AvgIpc) is 2.91. The Labute approximate surface area is 122 Å². The minimum atomic E-state index is -4.55. The molecule has 0 aliphatic heterocycles. The number of halogens is 4. The van der Waals surface area contributed by atoms with E-state index in [0.717, 1.165) is 6.20 Å². The molecule has 1 atom stereocenters. The zero-order chi connectivity index (χ0) is 15.6. The van der Waals surface area contributed by atoms with Gasteiger partial charge in [0.25, 0.3) is 5.56 Å². The Morgan fingerprint density at radius 1 is 1.52 bits per heavy atom. The molecule has 2 heterocycles. The van der Waals surface area contributed by atoms with E-state index in [1.807, 2.05) is 0 Å². The summed E-state index contributed by atoms with van der Waals surface area (Å²) in [6, 6.07) is -0.322. The Kier molecular flexibility index (Phi) is 4.21. The minimum Gasteiger partial charge on any atom is -0.373 e. The topological polar surface area (TPSA) is 75.6 Å². The second-order valence-electron chi connectivity index (χ2n) is 4.29. The highest BCUT2D eigenvalue weighted by atomic mass is 35.5. The highest BCUT2D eigenvalue weighted by molar-refractivity contribution is 6.32. The smallest absolute Gasteiger partial charge is 0.373 e. The van der Waals surface area contributed by atoms with Gasteiger partial charge in [0, 0.05) is 12.4 Å². The van der Waals surface area contributed by atoms with E-state index in [1.165, 1.54) is 0 Å². The van der Waals surface area contributed by atoms with Crippen LogP contribution in [0.2, 0.25) is 5.02 Å². The largest absolute Gasteiger partial charge is 0.408 e. The monoisotopic (exact) mass is 321 g/mol. The summed E-state index contributed by atoms with van der Waals surface area (Å²) in [5.74, 6) is 0.588. The lowest BCUT2D eigenvalue weighted by Gasteiger charge is -2.15. The Balaban J connectivity index is 2.23. The predicted octanol–water partition coefficient (Wildman–Crippen LogP) is 2.36. The molecule has 0 bridgehead atoms. The van der Waals surface area contributed by atoms with Crippen LogP contribution in [0.4, 0.5) is 18.9 Å². The zero-order valence-corrected chi connectivity index (χ0v) is 11.5. The molecule has 0 amide bonds. The van der Waals surface area contributed by atoms with Gasteiger partial charge >= 0.3 is 6.18 Å². The number of rotatable bonds is 4. The minimum absolute atomic E-state index is 0.143. The average molecular weight is 322 g/mol. The predicted molar refractivity (Wildman–Crippen MR) is 70.2 cm³/mol. The van der Waals surface area contributed by atoms with Crippen molar-refractivity contribution in [1.29, 1.82) is 0 Å². The third-order valence-corrected chi connectivity index (χ3v) is 2.98. The summed E-state index contributed by atoms with van der Waals surface area (Å²) in [5, 5.41) is 5.97. The van der Waals surface area contributed by atoms with Gasteiger partial charge in [0.2, 0.25) is 0 Å². The summed E-state index contributed by atoms with van der Waals surface area (Å²) >= 11 is 5.80. The molecule has 10 heteroatoms. The van der Waals surface area contributed by atoms with Gasteiger partial charge < -0.3 is 10.3 Å². The highest BCUT2D eigenvalue weighted by Gasteiger charge is 2.29. The van der Waals surface area contributed by atoms with E-state index < -0.39 is 18.3 Å². The molecule has 0 aromatic carbocycles. The van der Waals surface area contributed by atoms with Crippen LogP contribution < -0.4 is 10.9 Å². The van der Waals surface area contributed by atoms with Gasteiger partial charge in [-0.05, 0) is 6.92 Å². The number of anilines is 1. The van der Waals surface area contributed by atoms with Crippen LogP contribution in [0.15, 0.2) is 23.4 Å². The molecule has 2 aromatic rings. The first-order valence-electron chi connectivity index (χ1n) is 5.86. The molecular formula is C11H11ClF3N5O. The quantitative estimate of drug-likeness (QED) is 0.906. The van der Waals surface area contributed by atoms with E-state index in [4.69, 9.17) is 11.6 Å². The van der Waals surface area contributed by atoms with Crippen molar-refractivity contribution in [2.24, 2.45) is 0 Å². The van der Waals surface area contributed by atoms with Crippen molar-refractivity contribution in [3.8, 4) is 0 Å². The van der Waals surface area contributed by atoms with Crippen LogP contribution in [-0.4, -0.2) is 25.9 Å². The van der Waals surface area contributed by atoms with Crippen LogP contribution in [-0.2, 0) is 6.54 Å². The van der Waals surface area contributed by atoms with E-state index in [9.17, 15) is 18.0 Å². The molecule has 0 saturated carbocycles. The van der Waals surface area contributed by atoms with Crippen molar-refractivity contribution >= 4 is 17.3 Å². The third kappa shape index (κ3) is 3.75. The summed E-state index contributed by atoms with van der Waals surface area (Å²) in [6.45, 7) is 0.260. The first-order chi connectivity index (χ1) is 9.78. The van der Waals surface area contributed by atoms with Crippen molar-refractivity contribution in [1.82, 2.24) is 19.7 Å². The molecule has 2 N–H and O–H groups in total. The molecule has 21 heavy (non-hydrogen) atoms. The van der Waals surface area contributed by atoms with Gasteiger partial charge in [-0.3, -0.25) is 4.79 Å². The van der Waals surface area contributed by atoms with Crippen LogP contribution in [0.1, 0.15) is 18.8 Å². The third-order valence-electron chi connectivity index (χ3n) is 2.62. The molecule has 0 radical (unpaired) electrons. The molecule has 0 aliphatic rings. The fourth-order valence-corrected chi connectivity index (χ4v) is 1.86. The number of aromatic nitrogens is 4. The fraction of sp³-hybridized carbons (Fsp3) is 0.364. The van der Waals surface area contributed by atoms with Crippen LogP contribution in [0.5, 0.6) is 0 Å².